The minimum Gasteiger partial charge on any atom is -0.378 e. The maximum absolute atomic E-state index is 12.9. The second-order valence-electron chi connectivity index (χ2n) is 7.36. The summed E-state index contributed by atoms with van der Waals surface area (Å²) in [7, 11) is 0. The highest BCUT2D eigenvalue weighted by Gasteiger charge is 2.21. The maximum atomic E-state index is 12.9. The molecule has 0 bridgehead atoms. The number of benzene rings is 2. The SMILES string of the molecule is CC(=O)Nc1ccc(CNC(=O)c2cc(-c3ccccc3)c(N3CCOCC3)s2)cc1. The number of nitrogens with one attached hydrogen (secondary N) is 2. The van der Waals surface area contributed by atoms with E-state index in [1.165, 1.54) is 18.3 Å². The van der Waals surface area contributed by atoms with Crippen molar-refractivity contribution in [2.24, 2.45) is 0 Å². The highest BCUT2D eigenvalue weighted by molar-refractivity contribution is 7.18. The average Bonchev–Trinajstić information content (AvgIpc) is 3.25. The molecule has 1 aliphatic heterocycles. The van der Waals surface area contributed by atoms with Gasteiger partial charge in [0.15, 0.2) is 0 Å². The zero-order valence-corrected chi connectivity index (χ0v) is 18.2. The summed E-state index contributed by atoms with van der Waals surface area (Å²) in [5.41, 5.74) is 3.89. The van der Waals surface area contributed by atoms with Gasteiger partial charge in [-0.2, -0.15) is 0 Å². The van der Waals surface area contributed by atoms with Crippen molar-refractivity contribution in [3.63, 3.8) is 0 Å². The minimum absolute atomic E-state index is 0.0902. The molecule has 0 radical (unpaired) electrons. The van der Waals surface area contributed by atoms with Gasteiger partial charge in [-0.05, 0) is 29.3 Å². The lowest BCUT2D eigenvalue weighted by atomic mass is 10.1. The Morgan fingerprint density at radius 1 is 1.03 bits per heavy atom. The molecule has 0 unspecified atom stereocenters. The number of carbonyl (C=O) groups excluding carboxylic acids is 2. The van der Waals surface area contributed by atoms with E-state index in [0.29, 0.717) is 24.6 Å². The van der Waals surface area contributed by atoms with Crippen LogP contribution in [0.1, 0.15) is 22.2 Å². The van der Waals surface area contributed by atoms with E-state index in [-0.39, 0.29) is 11.8 Å². The molecule has 6 nitrogen and oxygen atoms in total. The first-order chi connectivity index (χ1) is 15.1. The summed E-state index contributed by atoms with van der Waals surface area (Å²) in [4.78, 5) is 27.0. The molecule has 4 rings (SSSR count). The molecule has 31 heavy (non-hydrogen) atoms. The van der Waals surface area contributed by atoms with E-state index in [1.54, 1.807) is 0 Å². The number of anilines is 2. The zero-order valence-electron chi connectivity index (χ0n) is 17.4. The monoisotopic (exact) mass is 435 g/mol. The van der Waals surface area contributed by atoms with Crippen molar-refractivity contribution in [3.8, 4) is 11.1 Å². The molecule has 160 valence electrons. The maximum Gasteiger partial charge on any atom is 0.261 e. The van der Waals surface area contributed by atoms with Gasteiger partial charge >= 0.3 is 0 Å². The van der Waals surface area contributed by atoms with Crippen molar-refractivity contribution >= 4 is 33.8 Å². The second kappa shape index (κ2) is 9.76. The summed E-state index contributed by atoms with van der Waals surface area (Å²) in [6, 6.07) is 19.6. The predicted octanol–water partition coefficient (Wildman–Crippen LogP) is 4.14. The number of hydrogen-bond acceptors (Lipinski definition) is 5. The third kappa shape index (κ3) is 5.31. The molecule has 2 aromatic carbocycles. The summed E-state index contributed by atoms with van der Waals surface area (Å²) in [6.07, 6.45) is 0. The van der Waals surface area contributed by atoms with Gasteiger partial charge in [0.05, 0.1) is 23.1 Å². The van der Waals surface area contributed by atoms with E-state index in [1.807, 2.05) is 48.5 Å². The van der Waals surface area contributed by atoms with Crippen molar-refractivity contribution in [1.29, 1.82) is 0 Å². The molecule has 7 heteroatoms. The fourth-order valence-corrected chi connectivity index (χ4v) is 4.65. The van der Waals surface area contributed by atoms with Crippen LogP contribution in [0.2, 0.25) is 0 Å². The van der Waals surface area contributed by atoms with Crippen molar-refractivity contribution in [3.05, 3.63) is 71.1 Å². The molecule has 1 fully saturated rings. The number of hydrogen-bond donors (Lipinski definition) is 2. The van der Waals surface area contributed by atoms with E-state index < -0.39 is 0 Å². The lowest BCUT2D eigenvalue weighted by Gasteiger charge is -2.28. The quantitative estimate of drug-likeness (QED) is 0.611. The van der Waals surface area contributed by atoms with Crippen molar-refractivity contribution in [2.75, 3.05) is 36.5 Å². The molecule has 2 amide bonds. The van der Waals surface area contributed by atoms with Gasteiger partial charge in [0.2, 0.25) is 5.91 Å². The lowest BCUT2D eigenvalue weighted by Crippen LogP contribution is -2.35. The molecule has 0 saturated carbocycles. The van der Waals surface area contributed by atoms with Crippen LogP contribution in [0.25, 0.3) is 11.1 Å². The standard InChI is InChI=1S/C24H25N3O3S/c1-17(28)26-20-9-7-18(8-10-20)16-25-23(29)22-15-21(19-5-3-2-4-6-19)24(31-22)27-11-13-30-14-12-27/h2-10,15H,11-14,16H2,1H3,(H,25,29)(H,26,28). The van der Waals surface area contributed by atoms with Crippen LogP contribution >= 0.6 is 11.3 Å². The van der Waals surface area contributed by atoms with Crippen LogP contribution in [0, 0.1) is 0 Å². The topological polar surface area (TPSA) is 70.7 Å². The van der Waals surface area contributed by atoms with Gasteiger partial charge in [-0.25, -0.2) is 0 Å². The van der Waals surface area contributed by atoms with E-state index in [0.717, 1.165) is 40.5 Å². The molecular weight excluding hydrogens is 410 g/mol. The van der Waals surface area contributed by atoms with Crippen LogP contribution in [0.4, 0.5) is 10.7 Å². The first-order valence-corrected chi connectivity index (χ1v) is 11.1. The van der Waals surface area contributed by atoms with Crippen LogP contribution in [0.3, 0.4) is 0 Å². The number of ether oxygens (including phenoxy) is 1. The van der Waals surface area contributed by atoms with Crippen LogP contribution in [-0.2, 0) is 16.1 Å². The average molecular weight is 436 g/mol. The van der Waals surface area contributed by atoms with Crippen LogP contribution in [0.5, 0.6) is 0 Å². The van der Waals surface area contributed by atoms with Crippen LogP contribution in [-0.4, -0.2) is 38.1 Å². The summed E-state index contributed by atoms with van der Waals surface area (Å²) >= 11 is 1.52. The summed E-state index contributed by atoms with van der Waals surface area (Å²) < 4.78 is 5.50. The highest BCUT2D eigenvalue weighted by Crippen LogP contribution is 2.39. The summed E-state index contributed by atoms with van der Waals surface area (Å²) in [6.45, 7) is 4.93. The van der Waals surface area contributed by atoms with Crippen LogP contribution in [0.15, 0.2) is 60.7 Å². The van der Waals surface area contributed by atoms with E-state index >= 15 is 0 Å². The van der Waals surface area contributed by atoms with Gasteiger partial charge in [0.25, 0.3) is 5.91 Å². The van der Waals surface area contributed by atoms with Crippen molar-refractivity contribution in [2.45, 2.75) is 13.5 Å². The number of thiophene rings is 1. The van der Waals surface area contributed by atoms with Gasteiger partial charge in [0.1, 0.15) is 0 Å². The molecule has 2 N–H and O–H groups in total. The Balaban J connectivity index is 1.50. The number of nitrogens with zero attached hydrogens (tertiary/aromatic N) is 1. The molecule has 1 aromatic heterocycles. The smallest absolute Gasteiger partial charge is 0.261 e. The Morgan fingerprint density at radius 3 is 2.42 bits per heavy atom. The Kier molecular flexibility index (Phi) is 6.64. The fraction of sp³-hybridized carbons (Fsp3) is 0.250. The van der Waals surface area contributed by atoms with Crippen molar-refractivity contribution in [1.82, 2.24) is 5.32 Å². The number of rotatable bonds is 6. The third-order valence-electron chi connectivity index (χ3n) is 5.05. The summed E-state index contributed by atoms with van der Waals surface area (Å²) in [5.74, 6) is -0.198. The second-order valence-corrected chi connectivity index (χ2v) is 8.39. The normalized spacial score (nSPS) is 13.6. The molecule has 3 aromatic rings. The van der Waals surface area contributed by atoms with E-state index in [9.17, 15) is 9.59 Å². The molecule has 2 heterocycles. The van der Waals surface area contributed by atoms with E-state index in [2.05, 4.69) is 27.7 Å². The Bertz CT molecular complexity index is 1040. The van der Waals surface area contributed by atoms with Gasteiger partial charge < -0.3 is 20.3 Å². The highest BCUT2D eigenvalue weighted by atomic mass is 32.1. The van der Waals surface area contributed by atoms with Gasteiger partial charge in [0, 0.05) is 37.8 Å². The zero-order chi connectivity index (χ0) is 21.6. The van der Waals surface area contributed by atoms with Crippen LogP contribution < -0.4 is 15.5 Å². The molecule has 1 aliphatic rings. The molecule has 0 spiro atoms. The van der Waals surface area contributed by atoms with Gasteiger partial charge in [-0.15, -0.1) is 11.3 Å². The largest absolute Gasteiger partial charge is 0.378 e. The van der Waals surface area contributed by atoms with Gasteiger partial charge in [-0.1, -0.05) is 42.5 Å². The predicted molar refractivity (Wildman–Crippen MR) is 125 cm³/mol. The third-order valence-corrected chi connectivity index (χ3v) is 6.24. The number of carbonyl (C=O) groups is 2. The molecular formula is C24H25N3O3S. The molecule has 0 aliphatic carbocycles. The summed E-state index contributed by atoms with van der Waals surface area (Å²) in [5, 5.41) is 6.86. The Morgan fingerprint density at radius 2 is 1.74 bits per heavy atom. The number of amides is 2. The van der Waals surface area contributed by atoms with Gasteiger partial charge in [-0.3, -0.25) is 9.59 Å². The van der Waals surface area contributed by atoms with Crippen molar-refractivity contribution < 1.29 is 14.3 Å². The Labute approximate surface area is 185 Å². The lowest BCUT2D eigenvalue weighted by molar-refractivity contribution is -0.114. The van der Waals surface area contributed by atoms with E-state index in [4.69, 9.17) is 4.74 Å². The number of morpholine rings is 1. The first kappa shape index (κ1) is 21.1. The Hall–Kier alpha value is -3.16. The fourth-order valence-electron chi connectivity index (χ4n) is 3.50. The minimum atomic E-state index is -0.107. The molecule has 0 atom stereocenters. The first-order valence-electron chi connectivity index (χ1n) is 10.3. The molecule has 1 saturated heterocycles.